The summed E-state index contributed by atoms with van der Waals surface area (Å²) >= 11 is 5.87. The molecule has 0 aliphatic rings. The average Bonchev–Trinajstić information content (AvgIpc) is 3.22. The Morgan fingerprint density at radius 2 is 1.90 bits per heavy atom. The Labute approximate surface area is 181 Å². The predicted octanol–water partition coefficient (Wildman–Crippen LogP) is 3.62. The zero-order valence-electron chi connectivity index (χ0n) is 17.4. The number of amides is 1. The monoisotopic (exact) mass is 431 g/mol. The molecule has 7 nitrogen and oxygen atoms in total. The number of hydrogen-bond acceptors (Lipinski definition) is 5. The SMILES string of the molecule is CCc1ccc(OC)c(OC)c1.Cc1cc(Cl)ccc1-n1cc(C(O)C(N)=O)cn1. The van der Waals surface area contributed by atoms with Crippen LogP contribution < -0.4 is 15.2 Å². The molecule has 0 spiro atoms. The van der Waals surface area contributed by atoms with Crippen molar-refractivity contribution in [3.8, 4) is 17.2 Å². The lowest BCUT2D eigenvalue weighted by Gasteiger charge is -2.07. The second kappa shape index (κ2) is 10.7. The minimum Gasteiger partial charge on any atom is -0.493 e. The molecule has 0 saturated carbocycles. The first kappa shape index (κ1) is 23.3. The van der Waals surface area contributed by atoms with Gasteiger partial charge in [0.2, 0.25) is 0 Å². The molecule has 0 radical (unpaired) electrons. The van der Waals surface area contributed by atoms with Crippen molar-refractivity contribution in [3.63, 3.8) is 0 Å². The Morgan fingerprint density at radius 1 is 1.20 bits per heavy atom. The highest BCUT2D eigenvalue weighted by atomic mass is 35.5. The number of carbonyl (C=O) groups excluding carboxylic acids is 1. The zero-order valence-corrected chi connectivity index (χ0v) is 18.2. The molecular weight excluding hydrogens is 406 g/mol. The molecule has 0 aliphatic carbocycles. The van der Waals surface area contributed by atoms with Crippen molar-refractivity contribution in [2.45, 2.75) is 26.4 Å². The van der Waals surface area contributed by atoms with E-state index in [9.17, 15) is 9.90 Å². The highest BCUT2D eigenvalue weighted by molar-refractivity contribution is 6.30. The molecule has 1 amide bonds. The number of nitrogens with two attached hydrogens (primary N) is 1. The van der Waals surface area contributed by atoms with Crippen LogP contribution in [-0.4, -0.2) is 35.0 Å². The fourth-order valence-electron chi connectivity index (χ4n) is 2.75. The van der Waals surface area contributed by atoms with Gasteiger partial charge in [0.1, 0.15) is 0 Å². The van der Waals surface area contributed by atoms with Crippen molar-refractivity contribution in [2.24, 2.45) is 5.73 Å². The highest BCUT2D eigenvalue weighted by Crippen LogP contribution is 2.27. The maximum absolute atomic E-state index is 10.9. The molecule has 8 heteroatoms. The normalized spacial score (nSPS) is 11.3. The van der Waals surface area contributed by atoms with Gasteiger partial charge in [-0.2, -0.15) is 5.10 Å². The number of halogens is 1. The number of aliphatic hydroxyl groups excluding tert-OH is 1. The summed E-state index contributed by atoms with van der Waals surface area (Å²) in [7, 11) is 3.29. The summed E-state index contributed by atoms with van der Waals surface area (Å²) in [5.41, 5.74) is 8.39. The van der Waals surface area contributed by atoms with E-state index < -0.39 is 12.0 Å². The quantitative estimate of drug-likeness (QED) is 0.621. The van der Waals surface area contributed by atoms with Crippen molar-refractivity contribution in [3.05, 3.63) is 70.5 Å². The van der Waals surface area contributed by atoms with Crippen LogP contribution in [0.1, 0.15) is 29.7 Å². The molecule has 1 heterocycles. The Kier molecular flexibility index (Phi) is 8.26. The van der Waals surface area contributed by atoms with Gasteiger partial charge in [-0.15, -0.1) is 0 Å². The minimum atomic E-state index is -1.34. The van der Waals surface area contributed by atoms with Crippen LogP contribution in [0.5, 0.6) is 11.5 Å². The van der Waals surface area contributed by atoms with E-state index in [0.29, 0.717) is 10.6 Å². The molecule has 3 rings (SSSR count). The topological polar surface area (TPSA) is 99.6 Å². The summed E-state index contributed by atoms with van der Waals surface area (Å²) in [5, 5.41) is 14.2. The van der Waals surface area contributed by atoms with Gasteiger partial charge in [0, 0.05) is 16.8 Å². The van der Waals surface area contributed by atoms with E-state index >= 15 is 0 Å². The van der Waals surface area contributed by atoms with E-state index in [4.69, 9.17) is 26.8 Å². The molecule has 1 unspecified atom stereocenters. The van der Waals surface area contributed by atoms with Gasteiger partial charge in [0.15, 0.2) is 17.6 Å². The first-order valence-corrected chi connectivity index (χ1v) is 9.67. The van der Waals surface area contributed by atoms with Crippen LogP contribution in [0, 0.1) is 6.92 Å². The summed E-state index contributed by atoms with van der Waals surface area (Å²) in [4.78, 5) is 10.9. The van der Waals surface area contributed by atoms with Crippen LogP contribution >= 0.6 is 11.6 Å². The van der Waals surface area contributed by atoms with Gasteiger partial charge in [0.05, 0.1) is 26.1 Å². The number of carbonyl (C=O) groups is 1. The zero-order chi connectivity index (χ0) is 22.3. The highest BCUT2D eigenvalue weighted by Gasteiger charge is 2.16. The van der Waals surface area contributed by atoms with Crippen LogP contribution in [0.4, 0.5) is 0 Å². The Bertz CT molecular complexity index is 1000. The molecule has 0 aliphatic heterocycles. The molecule has 0 fully saturated rings. The number of rotatable bonds is 6. The van der Waals surface area contributed by atoms with Gasteiger partial charge in [-0.25, -0.2) is 4.68 Å². The third kappa shape index (κ3) is 5.75. The molecular formula is C22H26ClN3O4. The molecule has 3 aromatic rings. The molecule has 1 aromatic heterocycles. The van der Waals surface area contributed by atoms with Crippen LogP contribution in [0.15, 0.2) is 48.8 Å². The van der Waals surface area contributed by atoms with Gasteiger partial charge in [-0.1, -0.05) is 24.6 Å². The number of hydrogen-bond donors (Lipinski definition) is 2. The number of aliphatic hydroxyl groups is 1. The van der Waals surface area contributed by atoms with Gasteiger partial charge >= 0.3 is 0 Å². The van der Waals surface area contributed by atoms with Crippen molar-refractivity contribution in [1.29, 1.82) is 0 Å². The second-order valence-corrected chi connectivity index (χ2v) is 6.93. The molecule has 160 valence electrons. The van der Waals surface area contributed by atoms with Crippen molar-refractivity contribution in [1.82, 2.24) is 9.78 Å². The van der Waals surface area contributed by atoms with Crippen molar-refractivity contribution < 1.29 is 19.4 Å². The smallest absolute Gasteiger partial charge is 0.251 e. The van der Waals surface area contributed by atoms with Crippen molar-refractivity contribution >= 4 is 17.5 Å². The van der Waals surface area contributed by atoms with Crippen LogP contribution in [-0.2, 0) is 11.2 Å². The number of nitrogens with zero attached hydrogens (tertiary/aromatic N) is 2. The van der Waals surface area contributed by atoms with Crippen LogP contribution in [0.2, 0.25) is 5.02 Å². The summed E-state index contributed by atoms with van der Waals surface area (Å²) in [6.45, 7) is 4.01. The van der Waals surface area contributed by atoms with Crippen molar-refractivity contribution in [2.75, 3.05) is 14.2 Å². The standard InChI is InChI=1S/C12H12ClN3O2.C10H14O2/c1-7-4-9(13)2-3-10(7)16-6-8(5-15-16)11(17)12(14)18;1-4-8-5-6-9(11-2)10(7-8)12-3/h2-6,11,17H,1H3,(H2,14,18);5-7H,4H2,1-3H3. The summed E-state index contributed by atoms with van der Waals surface area (Å²) < 4.78 is 11.8. The summed E-state index contributed by atoms with van der Waals surface area (Å²) in [5.74, 6) is 0.786. The van der Waals surface area contributed by atoms with Gasteiger partial charge in [0.25, 0.3) is 5.91 Å². The molecule has 2 aromatic carbocycles. The lowest BCUT2D eigenvalue weighted by Crippen LogP contribution is -2.20. The minimum absolute atomic E-state index is 0.358. The number of ether oxygens (including phenoxy) is 2. The lowest BCUT2D eigenvalue weighted by atomic mass is 10.1. The van der Waals surface area contributed by atoms with E-state index in [1.165, 1.54) is 11.8 Å². The average molecular weight is 432 g/mol. The number of methoxy groups -OCH3 is 2. The predicted molar refractivity (Wildman–Crippen MR) is 116 cm³/mol. The van der Waals surface area contributed by atoms with E-state index in [1.807, 2.05) is 37.3 Å². The number of primary amides is 1. The Hall–Kier alpha value is -3.03. The van der Waals surface area contributed by atoms with E-state index in [2.05, 4.69) is 12.0 Å². The first-order valence-electron chi connectivity index (χ1n) is 9.30. The summed E-state index contributed by atoms with van der Waals surface area (Å²) in [6, 6.07) is 11.3. The largest absolute Gasteiger partial charge is 0.493 e. The Morgan fingerprint density at radius 3 is 2.47 bits per heavy atom. The number of aromatic nitrogens is 2. The van der Waals surface area contributed by atoms with E-state index in [0.717, 1.165) is 29.2 Å². The Balaban J connectivity index is 0.000000232. The van der Waals surface area contributed by atoms with Crippen LogP contribution in [0.3, 0.4) is 0 Å². The van der Waals surface area contributed by atoms with Gasteiger partial charge < -0.3 is 20.3 Å². The fourth-order valence-corrected chi connectivity index (χ4v) is 2.98. The lowest BCUT2D eigenvalue weighted by molar-refractivity contribution is -0.126. The third-order valence-electron chi connectivity index (χ3n) is 4.45. The molecule has 0 saturated heterocycles. The van der Waals surface area contributed by atoms with Gasteiger partial charge in [-0.3, -0.25) is 4.79 Å². The van der Waals surface area contributed by atoms with Crippen LogP contribution in [0.25, 0.3) is 5.69 Å². The first-order chi connectivity index (χ1) is 14.3. The molecule has 3 N–H and O–H groups in total. The summed E-state index contributed by atoms with van der Waals surface area (Å²) in [6.07, 6.45) is 2.64. The van der Waals surface area contributed by atoms with E-state index in [1.54, 1.807) is 31.2 Å². The fraction of sp³-hybridized carbons (Fsp3) is 0.273. The third-order valence-corrected chi connectivity index (χ3v) is 4.68. The number of benzene rings is 2. The van der Waals surface area contributed by atoms with E-state index in [-0.39, 0.29) is 0 Å². The molecule has 30 heavy (non-hydrogen) atoms. The number of aryl methyl sites for hydroxylation is 2. The molecule has 0 bridgehead atoms. The maximum atomic E-state index is 10.9. The maximum Gasteiger partial charge on any atom is 0.251 e. The van der Waals surface area contributed by atoms with Gasteiger partial charge in [-0.05, 0) is 54.8 Å². The second-order valence-electron chi connectivity index (χ2n) is 6.50. The molecule has 1 atom stereocenters.